The lowest BCUT2D eigenvalue weighted by atomic mass is 10.3. The summed E-state index contributed by atoms with van der Waals surface area (Å²) in [4.78, 5) is 10.5. The van der Waals surface area contributed by atoms with Crippen LogP contribution in [0.2, 0.25) is 0 Å². The van der Waals surface area contributed by atoms with E-state index < -0.39 is 0 Å². The summed E-state index contributed by atoms with van der Waals surface area (Å²) in [5, 5.41) is 1.70. The van der Waals surface area contributed by atoms with Gasteiger partial charge in [0.15, 0.2) is 6.29 Å². The van der Waals surface area contributed by atoms with Gasteiger partial charge in [0.2, 0.25) is 5.88 Å². The molecule has 0 fully saturated rings. The van der Waals surface area contributed by atoms with Gasteiger partial charge in [-0.2, -0.15) is 0 Å². The molecule has 4 nitrogen and oxygen atoms in total. The zero-order valence-electron chi connectivity index (χ0n) is 6.80. The molecule has 1 N–H and O–H groups in total. The highest BCUT2D eigenvalue weighted by atomic mass is 79.9. The van der Waals surface area contributed by atoms with Crippen molar-refractivity contribution >= 4 is 22.2 Å². The molecule has 0 radical (unpaired) electrons. The highest BCUT2D eigenvalue weighted by molar-refractivity contribution is 9.11. The van der Waals surface area contributed by atoms with Gasteiger partial charge in [0, 0.05) is 7.05 Å². The molecule has 0 aromatic rings. The van der Waals surface area contributed by atoms with Crippen LogP contribution in [0.1, 0.15) is 0 Å². The summed E-state index contributed by atoms with van der Waals surface area (Å²) in [5.74, 6) is 0.454. The maximum absolute atomic E-state index is 10.5. The summed E-state index contributed by atoms with van der Waals surface area (Å²) in [6.07, 6.45) is 2.42. The van der Waals surface area contributed by atoms with Crippen LogP contribution in [-0.2, 0) is 9.53 Å². The highest BCUT2D eigenvalue weighted by Gasteiger charge is 2.14. The van der Waals surface area contributed by atoms with Gasteiger partial charge in [0.05, 0.1) is 12.7 Å². The summed E-state index contributed by atoms with van der Waals surface area (Å²) in [7, 11) is 3.31. The molecule has 1 rings (SSSR count). The number of methoxy groups -OCH3 is 1. The Hall–Kier alpha value is -0.970. The van der Waals surface area contributed by atoms with Crippen molar-refractivity contribution in [2.24, 2.45) is 0 Å². The first-order chi connectivity index (χ1) is 5.69. The van der Waals surface area contributed by atoms with Gasteiger partial charge in [-0.1, -0.05) is 0 Å². The molecule has 0 saturated carbocycles. The van der Waals surface area contributed by atoms with Crippen LogP contribution in [-0.4, -0.2) is 25.5 Å². The first-order valence-corrected chi connectivity index (χ1v) is 4.09. The van der Waals surface area contributed by atoms with E-state index in [4.69, 9.17) is 4.74 Å². The Kier molecular flexibility index (Phi) is 2.75. The van der Waals surface area contributed by atoms with E-state index in [0.29, 0.717) is 11.5 Å². The van der Waals surface area contributed by atoms with Gasteiger partial charge in [-0.25, -0.2) is 0 Å². The summed E-state index contributed by atoms with van der Waals surface area (Å²) < 4.78 is 5.73. The molecule has 0 bridgehead atoms. The van der Waals surface area contributed by atoms with E-state index in [-0.39, 0.29) is 0 Å². The first kappa shape index (κ1) is 9.12. The molecule has 5 heteroatoms. The summed E-state index contributed by atoms with van der Waals surface area (Å²) in [6, 6.07) is 0. The van der Waals surface area contributed by atoms with Crippen LogP contribution in [0, 0.1) is 0 Å². The predicted octanol–water partition coefficient (Wildman–Crippen LogP) is 0.730. The fraction of sp³-hybridized carbons (Fsp3) is 0.286. The lowest BCUT2D eigenvalue weighted by Gasteiger charge is -2.26. The molecule has 0 aromatic heterocycles. The number of hydrogen-bond acceptors (Lipinski definition) is 4. The van der Waals surface area contributed by atoms with Crippen molar-refractivity contribution in [3.05, 3.63) is 22.1 Å². The second-order valence-corrected chi connectivity index (χ2v) is 3.06. The van der Waals surface area contributed by atoms with Crippen molar-refractivity contribution in [2.75, 3.05) is 14.2 Å². The van der Waals surface area contributed by atoms with E-state index in [1.165, 1.54) is 7.11 Å². The van der Waals surface area contributed by atoms with E-state index in [0.717, 1.165) is 10.9 Å². The topological polar surface area (TPSA) is 41.6 Å². The molecule has 66 valence electrons. The minimum atomic E-state index is 0.454. The Morgan fingerprint density at radius 2 is 2.42 bits per heavy atom. The van der Waals surface area contributed by atoms with Gasteiger partial charge < -0.3 is 4.74 Å². The van der Waals surface area contributed by atoms with Gasteiger partial charge in [-0.15, -0.1) is 0 Å². The zero-order chi connectivity index (χ0) is 9.14. The second kappa shape index (κ2) is 3.62. The molecule has 0 saturated heterocycles. The fourth-order valence-corrected chi connectivity index (χ4v) is 1.15. The molecule has 0 aliphatic carbocycles. The Bertz CT molecular complexity index is 260. The molecule has 0 spiro atoms. The molecule has 0 unspecified atom stereocenters. The number of rotatable bonds is 2. The van der Waals surface area contributed by atoms with E-state index in [2.05, 4.69) is 21.4 Å². The molecular weight excluding hydrogens is 224 g/mol. The average Bonchev–Trinajstić information content (AvgIpc) is 2.09. The van der Waals surface area contributed by atoms with Crippen molar-refractivity contribution in [1.82, 2.24) is 10.4 Å². The van der Waals surface area contributed by atoms with Crippen molar-refractivity contribution in [1.29, 1.82) is 0 Å². The molecule has 1 heterocycles. The van der Waals surface area contributed by atoms with Gasteiger partial charge in [0.25, 0.3) is 0 Å². The number of halogens is 1. The van der Waals surface area contributed by atoms with Crippen LogP contribution in [0.4, 0.5) is 0 Å². The molecule has 0 amide bonds. The Morgan fingerprint density at radius 3 is 2.92 bits per heavy atom. The largest absolute Gasteiger partial charge is 0.481 e. The third-order valence-electron chi connectivity index (χ3n) is 1.46. The highest BCUT2D eigenvalue weighted by Crippen LogP contribution is 2.18. The van der Waals surface area contributed by atoms with Crippen LogP contribution in [0.3, 0.4) is 0 Å². The Labute approximate surface area is 79.0 Å². The smallest absolute Gasteiger partial charge is 0.216 e. The maximum atomic E-state index is 10.5. The molecular formula is C7H9BrN2O2. The number of carbonyl (C=O) groups excluding carboxylic acids is 1. The van der Waals surface area contributed by atoms with Gasteiger partial charge in [-0.05, 0) is 22.0 Å². The van der Waals surface area contributed by atoms with Gasteiger partial charge in [-0.3, -0.25) is 15.2 Å². The molecule has 0 atom stereocenters. The zero-order valence-corrected chi connectivity index (χ0v) is 8.38. The predicted molar refractivity (Wildman–Crippen MR) is 48.0 cm³/mol. The van der Waals surface area contributed by atoms with Crippen molar-refractivity contribution in [2.45, 2.75) is 0 Å². The second-order valence-electron chi connectivity index (χ2n) is 2.24. The number of hydrazine groups is 1. The van der Waals surface area contributed by atoms with E-state index in [1.807, 2.05) is 0 Å². The Morgan fingerprint density at radius 1 is 1.75 bits per heavy atom. The summed E-state index contributed by atoms with van der Waals surface area (Å²) in [6.45, 7) is 0. The number of nitrogens with one attached hydrogen (secondary N) is 1. The van der Waals surface area contributed by atoms with Crippen LogP contribution in [0.25, 0.3) is 0 Å². The molecule has 1 aliphatic heterocycles. The number of aldehydes is 1. The normalized spacial score (nSPS) is 16.9. The minimum absolute atomic E-state index is 0.454. The van der Waals surface area contributed by atoms with Crippen LogP contribution in [0.5, 0.6) is 0 Å². The third-order valence-corrected chi connectivity index (χ3v) is 2.22. The standard InChI is InChI=1S/C7H9BrN2O2/c1-10-6(8)3-5(4-11)7(9-10)12-2/h3-4,9H,1-2H3. The van der Waals surface area contributed by atoms with Crippen molar-refractivity contribution < 1.29 is 9.53 Å². The summed E-state index contributed by atoms with van der Waals surface area (Å²) >= 11 is 3.27. The Balaban J connectivity index is 2.98. The van der Waals surface area contributed by atoms with Gasteiger partial charge in [0.1, 0.15) is 4.61 Å². The summed E-state index contributed by atoms with van der Waals surface area (Å²) in [5.41, 5.74) is 3.35. The fourth-order valence-electron chi connectivity index (χ4n) is 0.812. The number of allylic oxidation sites excluding steroid dienone is 2. The SMILES string of the molecule is COC1=C(C=O)C=C(Br)N(C)N1. The van der Waals surface area contributed by atoms with Crippen molar-refractivity contribution in [3.63, 3.8) is 0 Å². The molecule has 0 aromatic carbocycles. The first-order valence-electron chi connectivity index (χ1n) is 3.30. The third kappa shape index (κ3) is 1.61. The van der Waals surface area contributed by atoms with Crippen LogP contribution < -0.4 is 5.43 Å². The molecule has 1 aliphatic rings. The minimum Gasteiger partial charge on any atom is -0.481 e. The van der Waals surface area contributed by atoms with E-state index >= 15 is 0 Å². The van der Waals surface area contributed by atoms with Crippen LogP contribution >= 0.6 is 15.9 Å². The van der Waals surface area contributed by atoms with Crippen molar-refractivity contribution in [3.8, 4) is 0 Å². The molecule has 12 heavy (non-hydrogen) atoms. The van der Waals surface area contributed by atoms with E-state index in [1.54, 1.807) is 18.1 Å². The monoisotopic (exact) mass is 232 g/mol. The lowest BCUT2D eigenvalue weighted by Crippen LogP contribution is -2.35. The van der Waals surface area contributed by atoms with Gasteiger partial charge >= 0.3 is 0 Å². The van der Waals surface area contributed by atoms with E-state index in [9.17, 15) is 4.79 Å². The quantitative estimate of drug-likeness (QED) is 0.564. The number of ether oxygens (including phenoxy) is 1. The van der Waals surface area contributed by atoms with Crippen LogP contribution in [0.15, 0.2) is 22.1 Å². The number of hydrogen-bond donors (Lipinski definition) is 1. The maximum Gasteiger partial charge on any atom is 0.216 e. The lowest BCUT2D eigenvalue weighted by molar-refractivity contribution is -0.105. The number of nitrogens with zero attached hydrogens (tertiary/aromatic N) is 1. The average molecular weight is 233 g/mol. The number of carbonyl (C=O) groups is 1.